The molecule has 0 aliphatic carbocycles. The van der Waals surface area contributed by atoms with Crippen molar-refractivity contribution in [2.45, 2.75) is 32.6 Å². The summed E-state index contributed by atoms with van der Waals surface area (Å²) in [5.41, 5.74) is 1.69. The van der Waals surface area contributed by atoms with Crippen LogP contribution in [-0.2, 0) is 28.8 Å². The predicted octanol–water partition coefficient (Wildman–Crippen LogP) is 6.42. The summed E-state index contributed by atoms with van der Waals surface area (Å²) in [6.07, 6.45) is -2.62. The van der Waals surface area contributed by atoms with Crippen LogP contribution in [0.2, 0.25) is 0 Å². The van der Waals surface area contributed by atoms with E-state index >= 15 is 0 Å². The van der Waals surface area contributed by atoms with Crippen LogP contribution in [0.1, 0.15) is 30.3 Å². The van der Waals surface area contributed by atoms with Crippen LogP contribution in [0, 0.1) is 0 Å². The van der Waals surface area contributed by atoms with Gasteiger partial charge in [-0.15, -0.1) is 0 Å². The standard InChI is InChI=1S/C26H22F4N4O2/c1-2-36-23(35)12-11-22-33-21-14-16(24-17(15-27)4-3-13-31-24)5-10-20(21)25(34-22)32-19-8-6-18(7-9-19)26(28,29)30/h3-10,13-14H,2,11-12,15H2,1H3,(H,32,33,34). The molecule has 0 saturated carbocycles. The highest BCUT2D eigenvalue weighted by molar-refractivity contribution is 5.93. The van der Waals surface area contributed by atoms with Crippen molar-refractivity contribution in [3.63, 3.8) is 0 Å². The first-order valence-electron chi connectivity index (χ1n) is 11.2. The molecule has 0 bridgehead atoms. The number of hydrogen-bond acceptors (Lipinski definition) is 6. The van der Waals surface area contributed by atoms with Crippen molar-refractivity contribution in [3.05, 3.63) is 77.7 Å². The lowest BCUT2D eigenvalue weighted by atomic mass is 10.0. The van der Waals surface area contributed by atoms with Gasteiger partial charge < -0.3 is 10.1 Å². The fourth-order valence-corrected chi connectivity index (χ4v) is 3.66. The number of nitrogens with one attached hydrogen (secondary N) is 1. The third kappa shape index (κ3) is 5.76. The van der Waals surface area contributed by atoms with E-state index in [0.717, 1.165) is 12.1 Å². The average molecular weight is 498 g/mol. The minimum Gasteiger partial charge on any atom is -0.466 e. The van der Waals surface area contributed by atoms with Gasteiger partial charge >= 0.3 is 12.1 Å². The van der Waals surface area contributed by atoms with E-state index in [1.165, 1.54) is 12.1 Å². The van der Waals surface area contributed by atoms with Gasteiger partial charge in [0.15, 0.2) is 0 Å². The van der Waals surface area contributed by atoms with Gasteiger partial charge in [0.05, 0.1) is 29.8 Å². The van der Waals surface area contributed by atoms with E-state index in [1.807, 2.05) is 0 Å². The molecule has 0 aliphatic rings. The summed E-state index contributed by atoms with van der Waals surface area (Å²) in [4.78, 5) is 25.2. The molecule has 4 rings (SSSR count). The number of esters is 1. The number of pyridine rings is 1. The number of ether oxygens (including phenoxy) is 1. The number of alkyl halides is 4. The van der Waals surface area contributed by atoms with Gasteiger partial charge in [0.1, 0.15) is 18.3 Å². The predicted molar refractivity (Wildman–Crippen MR) is 127 cm³/mol. The van der Waals surface area contributed by atoms with Gasteiger partial charge in [0.2, 0.25) is 0 Å². The lowest BCUT2D eigenvalue weighted by Crippen LogP contribution is -2.08. The van der Waals surface area contributed by atoms with Gasteiger partial charge in [0, 0.05) is 34.8 Å². The second-order valence-corrected chi connectivity index (χ2v) is 7.87. The molecule has 0 radical (unpaired) electrons. The molecule has 0 fully saturated rings. The number of aryl methyl sites for hydroxylation is 1. The highest BCUT2D eigenvalue weighted by atomic mass is 19.4. The number of benzene rings is 2. The highest BCUT2D eigenvalue weighted by Crippen LogP contribution is 2.32. The maximum absolute atomic E-state index is 13.5. The van der Waals surface area contributed by atoms with Crippen molar-refractivity contribution >= 4 is 28.4 Å². The lowest BCUT2D eigenvalue weighted by molar-refractivity contribution is -0.143. The SMILES string of the molecule is CCOC(=O)CCc1nc(Nc2ccc(C(F)(F)F)cc2)c2ccc(-c3ncccc3CF)cc2n1. The number of anilines is 2. The lowest BCUT2D eigenvalue weighted by Gasteiger charge is -2.13. The molecule has 0 unspecified atom stereocenters. The smallest absolute Gasteiger partial charge is 0.416 e. The van der Waals surface area contributed by atoms with Crippen LogP contribution < -0.4 is 5.32 Å². The molecule has 0 spiro atoms. The molecule has 36 heavy (non-hydrogen) atoms. The number of rotatable bonds is 8. The van der Waals surface area contributed by atoms with E-state index < -0.39 is 24.4 Å². The summed E-state index contributed by atoms with van der Waals surface area (Å²) in [6.45, 7) is 1.28. The fraction of sp³-hybridized carbons (Fsp3) is 0.231. The zero-order valence-electron chi connectivity index (χ0n) is 19.3. The number of aromatic nitrogens is 3. The first kappa shape index (κ1) is 25.0. The third-order valence-electron chi connectivity index (χ3n) is 5.38. The number of halogens is 4. The van der Waals surface area contributed by atoms with Gasteiger partial charge in [0.25, 0.3) is 0 Å². The Morgan fingerprint density at radius 1 is 1.06 bits per heavy atom. The third-order valence-corrected chi connectivity index (χ3v) is 5.38. The molecule has 10 heteroatoms. The van der Waals surface area contributed by atoms with E-state index in [9.17, 15) is 22.4 Å². The van der Waals surface area contributed by atoms with Crippen LogP contribution in [0.5, 0.6) is 0 Å². The van der Waals surface area contributed by atoms with Gasteiger partial charge in [-0.3, -0.25) is 9.78 Å². The molecular formula is C26H22F4N4O2. The Morgan fingerprint density at radius 2 is 1.83 bits per heavy atom. The molecule has 0 atom stereocenters. The maximum atomic E-state index is 13.5. The molecule has 2 aromatic heterocycles. The van der Waals surface area contributed by atoms with Gasteiger partial charge in [-0.2, -0.15) is 13.2 Å². The monoisotopic (exact) mass is 498 g/mol. The molecule has 0 saturated heterocycles. The summed E-state index contributed by atoms with van der Waals surface area (Å²) in [5.74, 6) is 0.305. The number of hydrogen-bond donors (Lipinski definition) is 1. The average Bonchev–Trinajstić information content (AvgIpc) is 2.87. The topological polar surface area (TPSA) is 77.0 Å². The Kier molecular flexibility index (Phi) is 7.42. The van der Waals surface area contributed by atoms with E-state index in [-0.39, 0.29) is 19.4 Å². The summed E-state index contributed by atoms with van der Waals surface area (Å²) in [7, 11) is 0. The van der Waals surface area contributed by atoms with E-state index in [0.29, 0.717) is 45.1 Å². The molecule has 0 amide bonds. The largest absolute Gasteiger partial charge is 0.466 e. The van der Waals surface area contributed by atoms with Crippen molar-refractivity contribution in [1.82, 2.24) is 15.0 Å². The minimum atomic E-state index is -4.44. The van der Waals surface area contributed by atoms with E-state index in [4.69, 9.17) is 4.74 Å². The van der Waals surface area contributed by atoms with Gasteiger partial charge in [-0.1, -0.05) is 12.1 Å². The Morgan fingerprint density at radius 3 is 2.53 bits per heavy atom. The van der Waals surface area contributed by atoms with Crippen molar-refractivity contribution < 1.29 is 27.1 Å². The summed E-state index contributed by atoms with van der Waals surface area (Å²) < 4.78 is 57.3. The van der Waals surface area contributed by atoms with Crippen molar-refractivity contribution in [2.75, 3.05) is 11.9 Å². The van der Waals surface area contributed by atoms with Crippen molar-refractivity contribution in [2.24, 2.45) is 0 Å². The Hall–Kier alpha value is -4.08. The first-order valence-corrected chi connectivity index (χ1v) is 11.2. The van der Waals surface area contributed by atoms with Gasteiger partial charge in [-0.05, 0) is 49.4 Å². The molecule has 0 aliphatic heterocycles. The van der Waals surface area contributed by atoms with Crippen LogP contribution in [0.15, 0.2) is 60.8 Å². The second-order valence-electron chi connectivity index (χ2n) is 7.87. The Labute approximate surface area is 204 Å². The number of nitrogens with zero attached hydrogens (tertiary/aromatic N) is 3. The number of carbonyl (C=O) groups is 1. The van der Waals surface area contributed by atoms with E-state index in [2.05, 4.69) is 20.3 Å². The van der Waals surface area contributed by atoms with E-state index in [1.54, 1.807) is 43.5 Å². The van der Waals surface area contributed by atoms with Crippen molar-refractivity contribution in [3.8, 4) is 11.3 Å². The fourth-order valence-electron chi connectivity index (χ4n) is 3.66. The molecule has 2 aromatic carbocycles. The Bertz CT molecular complexity index is 1370. The molecule has 6 nitrogen and oxygen atoms in total. The number of fused-ring (bicyclic) bond motifs is 1. The van der Waals surface area contributed by atoms with Crippen molar-refractivity contribution in [1.29, 1.82) is 0 Å². The first-order chi connectivity index (χ1) is 17.3. The van der Waals surface area contributed by atoms with Crippen LogP contribution in [-0.4, -0.2) is 27.5 Å². The molecular weight excluding hydrogens is 476 g/mol. The van der Waals surface area contributed by atoms with Gasteiger partial charge in [-0.25, -0.2) is 14.4 Å². The molecule has 1 N–H and O–H groups in total. The number of carbonyl (C=O) groups excluding carboxylic acids is 1. The zero-order valence-corrected chi connectivity index (χ0v) is 19.3. The molecule has 186 valence electrons. The Balaban J connectivity index is 1.74. The summed E-state index contributed by atoms with van der Waals surface area (Å²) in [5, 5.41) is 3.64. The highest BCUT2D eigenvalue weighted by Gasteiger charge is 2.30. The van der Waals surface area contributed by atoms with Crippen LogP contribution in [0.3, 0.4) is 0 Å². The maximum Gasteiger partial charge on any atom is 0.416 e. The second kappa shape index (κ2) is 10.7. The summed E-state index contributed by atoms with van der Waals surface area (Å²) in [6, 6.07) is 13.1. The normalized spacial score (nSPS) is 11.5. The van der Waals surface area contributed by atoms with Crippen LogP contribution in [0.25, 0.3) is 22.2 Å². The summed E-state index contributed by atoms with van der Waals surface area (Å²) >= 11 is 0. The minimum absolute atomic E-state index is 0.0605. The quantitative estimate of drug-likeness (QED) is 0.223. The van der Waals surface area contributed by atoms with Crippen LogP contribution >= 0.6 is 0 Å². The molecule has 4 aromatic rings. The zero-order chi connectivity index (χ0) is 25.7. The molecule has 2 heterocycles. The van der Waals surface area contributed by atoms with Crippen LogP contribution in [0.4, 0.5) is 29.1 Å².